The lowest BCUT2D eigenvalue weighted by Gasteiger charge is -2.08. The molecule has 0 bridgehead atoms. The molecular formula is C8H7F3S. The predicted molar refractivity (Wildman–Crippen MR) is 42.9 cm³/mol. The quantitative estimate of drug-likeness (QED) is 0.646. The van der Waals surface area contributed by atoms with Crippen molar-refractivity contribution in [2.24, 2.45) is 0 Å². The van der Waals surface area contributed by atoms with Crippen molar-refractivity contribution < 1.29 is 13.2 Å². The van der Waals surface area contributed by atoms with Crippen molar-refractivity contribution in [1.82, 2.24) is 0 Å². The molecule has 0 saturated heterocycles. The molecule has 4 heteroatoms. The standard InChI is InChI=1S/C8H7F3S/c1-8(10,11)12-7-4-2-6(9)3-5-7/h2-5H,1H3. The molecule has 0 fully saturated rings. The van der Waals surface area contributed by atoms with Crippen LogP contribution in [0.25, 0.3) is 0 Å². The van der Waals surface area contributed by atoms with E-state index in [4.69, 9.17) is 0 Å². The number of thioether (sulfide) groups is 1. The number of hydrogen-bond acceptors (Lipinski definition) is 1. The van der Waals surface area contributed by atoms with Gasteiger partial charge in [0.1, 0.15) is 5.82 Å². The van der Waals surface area contributed by atoms with Crippen LogP contribution in [0.5, 0.6) is 0 Å². The molecule has 0 nitrogen and oxygen atoms in total. The molecule has 0 heterocycles. The van der Waals surface area contributed by atoms with Crippen LogP contribution in [-0.2, 0) is 0 Å². The van der Waals surface area contributed by atoms with Crippen molar-refractivity contribution in [3.63, 3.8) is 0 Å². The predicted octanol–water partition coefficient (Wildman–Crippen LogP) is 3.53. The third-order valence-electron chi connectivity index (χ3n) is 1.11. The summed E-state index contributed by atoms with van der Waals surface area (Å²) in [5.74, 6) is -0.418. The van der Waals surface area contributed by atoms with E-state index in [0.717, 1.165) is 19.1 Å². The summed E-state index contributed by atoms with van der Waals surface area (Å²) in [6, 6.07) is 4.98. The Balaban J connectivity index is 2.71. The molecule has 0 atom stereocenters. The minimum absolute atomic E-state index is 0.365. The summed E-state index contributed by atoms with van der Waals surface area (Å²) in [7, 11) is 0. The van der Waals surface area contributed by atoms with Gasteiger partial charge in [0, 0.05) is 11.8 Å². The van der Waals surface area contributed by atoms with E-state index in [0.29, 0.717) is 16.7 Å². The summed E-state index contributed by atoms with van der Waals surface area (Å²) in [5, 5.41) is -2.81. The van der Waals surface area contributed by atoms with Gasteiger partial charge in [-0.2, -0.15) is 8.78 Å². The second-order valence-corrected chi connectivity index (χ2v) is 3.76. The van der Waals surface area contributed by atoms with Crippen molar-refractivity contribution in [2.75, 3.05) is 0 Å². The lowest BCUT2D eigenvalue weighted by atomic mass is 10.4. The van der Waals surface area contributed by atoms with Crippen LogP contribution in [0.3, 0.4) is 0 Å². The van der Waals surface area contributed by atoms with Gasteiger partial charge in [-0.1, -0.05) is 11.8 Å². The van der Waals surface area contributed by atoms with E-state index in [1.165, 1.54) is 12.1 Å². The van der Waals surface area contributed by atoms with Gasteiger partial charge in [0.2, 0.25) is 0 Å². The molecule has 0 aromatic heterocycles. The molecule has 0 radical (unpaired) electrons. The van der Waals surface area contributed by atoms with Crippen LogP contribution in [0, 0.1) is 5.82 Å². The van der Waals surface area contributed by atoms with Crippen molar-refractivity contribution in [1.29, 1.82) is 0 Å². The normalized spacial score (nSPS) is 11.7. The van der Waals surface area contributed by atoms with Gasteiger partial charge in [-0.15, -0.1) is 0 Å². The Morgan fingerprint density at radius 1 is 1.17 bits per heavy atom. The summed E-state index contributed by atoms with van der Waals surface area (Å²) in [6.45, 7) is 0.807. The maximum atomic E-state index is 12.4. The molecule has 0 amide bonds. The SMILES string of the molecule is CC(F)(F)Sc1ccc(F)cc1. The molecule has 1 aromatic rings. The highest BCUT2D eigenvalue weighted by Crippen LogP contribution is 2.34. The number of benzene rings is 1. The number of hydrogen-bond donors (Lipinski definition) is 0. The number of halogens is 3. The summed E-state index contributed by atoms with van der Waals surface area (Å²) >= 11 is 0.409. The largest absolute Gasteiger partial charge is 0.295 e. The van der Waals surface area contributed by atoms with E-state index >= 15 is 0 Å². The highest BCUT2D eigenvalue weighted by atomic mass is 32.2. The molecule has 0 aliphatic heterocycles. The first kappa shape index (κ1) is 9.45. The third-order valence-corrected chi connectivity index (χ3v) is 1.98. The molecule has 0 aliphatic rings. The Hall–Kier alpha value is -0.640. The highest BCUT2D eigenvalue weighted by molar-refractivity contribution is 8.00. The highest BCUT2D eigenvalue weighted by Gasteiger charge is 2.22. The summed E-state index contributed by atoms with van der Waals surface area (Å²) in [6.07, 6.45) is 0. The van der Waals surface area contributed by atoms with Crippen molar-refractivity contribution >= 4 is 11.8 Å². The van der Waals surface area contributed by atoms with Gasteiger partial charge >= 0.3 is 0 Å². The van der Waals surface area contributed by atoms with E-state index in [1.807, 2.05) is 0 Å². The minimum Gasteiger partial charge on any atom is -0.207 e. The second kappa shape index (κ2) is 3.39. The Bertz CT molecular complexity index is 250. The van der Waals surface area contributed by atoms with Crippen molar-refractivity contribution in [3.05, 3.63) is 30.1 Å². The fourth-order valence-corrected chi connectivity index (χ4v) is 1.40. The van der Waals surface area contributed by atoms with Gasteiger partial charge in [0.05, 0.1) is 0 Å². The molecule has 0 unspecified atom stereocenters. The fourth-order valence-electron chi connectivity index (χ4n) is 0.710. The van der Waals surface area contributed by atoms with E-state index in [2.05, 4.69) is 0 Å². The molecular weight excluding hydrogens is 185 g/mol. The lowest BCUT2D eigenvalue weighted by molar-refractivity contribution is 0.129. The van der Waals surface area contributed by atoms with Gasteiger partial charge in [0.25, 0.3) is 5.25 Å². The Morgan fingerprint density at radius 2 is 1.67 bits per heavy atom. The van der Waals surface area contributed by atoms with Crippen LogP contribution in [0.2, 0.25) is 0 Å². The first-order valence-corrected chi connectivity index (χ1v) is 4.11. The molecule has 0 saturated carbocycles. The lowest BCUT2D eigenvalue weighted by Crippen LogP contribution is -2.01. The molecule has 12 heavy (non-hydrogen) atoms. The zero-order chi connectivity index (χ0) is 9.19. The van der Waals surface area contributed by atoms with Gasteiger partial charge in [-0.25, -0.2) is 4.39 Å². The van der Waals surface area contributed by atoms with Crippen molar-refractivity contribution in [2.45, 2.75) is 17.1 Å². The zero-order valence-corrected chi connectivity index (χ0v) is 7.17. The summed E-state index contributed by atoms with van der Waals surface area (Å²) in [4.78, 5) is 0.365. The molecule has 0 N–H and O–H groups in total. The second-order valence-electron chi connectivity index (χ2n) is 2.36. The Kier molecular flexibility index (Phi) is 2.67. The monoisotopic (exact) mass is 192 g/mol. The molecule has 66 valence electrons. The van der Waals surface area contributed by atoms with Crippen LogP contribution in [0.15, 0.2) is 29.2 Å². The van der Waals surface area contributed by atoms with Crippen LogP contribution in [-0.4, -0.2) is 5.25 Å². The van der Waals surface area contributed by atoms with Crippen LogP contribution >= 0.6 is 11.8 Å². The molecule has 1 rings (SSSR count). The van der Waals surface area contributed by atoms with Gasteiger partial charge in [-0.05, 0) is 24.3 Å². The third kappa shape index (κ3) is 3.17. The number of alkyl halides is 2. The topological polar surface area (TPSA) is 0 Å². The van der Waals surface area contributed by atoms with E-state index < -0.39 is 11.1 Å². The average Bonchev–Trinajstić information content (AvgIpc) is 1.91. The van der Waals surface area contributed by atoms with Gasteiger partial charge in [0.15, 0.2) is 0 Å². The minimum atomic E-state index is -2.81. The fraction of sp³-hybridized carbons (Fsp3) is 0.250. The van der Waals surface area contributed by atoms with Gasteiger partial charge in [-0.3, -0.25) is 0 Å². The maximum absolute atomic E-state index is 12.4. The van der Waals surface area contributed by atoms with E-state index in [-0.39, 0.29) is 0 Å². The molecule has 0 spiro atoms. The van der Waals surface area contributed by atoms with Crippen LogP contribution in [0.4, 0.5) is 13.2 Å². The summed E-state index contributed by atoms with van der Waals surface area (Å²) in [5.41, 5.74) is 0. The van der Waals surface area contributed by atoms with E-state index in [1.54, 1.807) is 0 Å². The molecule has 1 aromatic carbocycles. The Labute approximate surface area is 72.8 Å². The van der Waals surface area contributed by atoms with Crippen molar-refractivity contribution in [3.8, 4) is 0 Å². The van der Waals surface area contributed by atoms with Crippen LogP contribution < -0.4 is 0 Å². The summed E-state index contributed by atoms with van der Waals surface area (Å²) < 4.78 is 37.1. The first-order chi connectivity index (χ1) is 5.47. The smallest absolute Gasteiger partial charge is 0.207 e. The maximum Gasteiger partial charge on any atom is 0.295 e. The average molecular weight is 192 g/mol. The van der Waals surface area contributed by atoms with Gasteiger partial charge < -0.3 is 0 Å². The van der Waals surface area contributed by atoms with Crippen LogP contribution in [0.1, 0.15) is 6.92 Å². The Morgan fingerprint density at radius 3 is 2.08 bits per heavy atom. The van der Waals surface area contributed by atoms with E-state index in [9.17, 15) is 13.2 Å². The number of rotatable bonds is 2. The zero-order valence-electron chi connectivity index (χ0n) is 6.35. The first-order valence-electron chi connectivity index (χ1n) is 3.30. The molecule has 0 aliphatic carbocycles.